The standard InChI is InChI=1S/C19H26O2/c1-5-6-14-10-17(20)19(18(21)11-14)16-9-13(4)7-8-15(16)12(2)3/h9-11,15-16,20-21H,2,5-8H2,1,3-4H3. The summed E-state index contributed by atoms with van der Waals surface area (Å²) in [4.78, 5) is 0. The zero-order valence-electron chi connectivity index (χ0n) is 13.3. The molecular formula is C19H26O2. The van der Waals surface area contributed by atoms with Crippen LogP contribution in [0.25, 0.3) is 0 Å². The van der Waals surface area contributed by atoms with Crippen LogP contribution in [0.2, 0.25) is 0 Å². The quantitative estimate of drug-likeness (QED) is 0.759. The zero-order chi connectivity index (χ0) is 15.6. The summed E-state index contributed by atoms with van der Waals surface area (Å²) in [5, 5.41) is 20.8. The van der Waals surface area contributed by atoms with Crippen molar-refractivity contribution in [1.29, 1.82) is 0 Å². The van der Waals surface area contributed by atoms with E-state index in [1.54, 1.807) is 12.1 Å². The van der Waals surface area contributed by atoms with Crippen molar-refractivity contribution in [3.8, 4) is 11.5 Å². The van der Waals surface area contributed by atoms with E-state index in [9.17, 15) is 10.2 Å². The number of aryl methyl sites for hydroxylation is 1. The minimum atomic E-state index is 0.0203. The summed E-state index contributed by atoms with van der Waals surface area (Å²) in [6.07, 6.45) is 6.12. The van der Waals surface area contributed by atoms with E-state index in [0.29, 0.717) is 5.56 Å². The molecule has 0 radical (unpaired) electrons. The Kier molecular flexibility index (Phi) is 4.76. The van der Waals surface area contributed by atoms with Crippen molar-refractivity contribution in [2.75, 3.05) is 0 Å². The van der Waals surface area contributed by atoms with Crippen molar-refractivity contribution >= 4 is 0 Å². The number of allylic oxidation sites excluding steroid dienone is 3. The molecule has 1 aliphatic rings. The van der Waals surface area contributed by atoms with E-state index < -0.39 is 0 Å². The number of phenolic OH excluding ortho intramolecular Hbond substituents is 2. The van der Waals surface area contributed by atoms with Gasteiger partial charge in [-0.25, -0.2) is 0 Å². The molecule has 21 heavy (non-hydrogen) atoms. The average Bonchev–Trinajstić information content (AvgIpc) is 2.38. The third-order valence-corrected chi connectivity index (χ3v) is 4.45. The molecule has 0 saturated carbocycles. The first-order valence-corrected chi connectivity index (χ1v) is 7.81. The molecule has 0 heterocycles. The van der Waals surface area contributed by atoms with Crippen LogP contribution < -0.4 is 0 Å². The third kappa shape index (κ3) is 3.31. The molecule has 2 atom stereocenters. The average molecular weight is 286 g/mol. The van der Waals surface area contributed by atoms with E-state index in [4.69, 9.17) is 0 Å². The van der Waals surface area contributed by atoms with Gasteiger partial charge in [-0.15, -0.1) is 0 Å². The molecule has 2 heteroatoms. The zero-order valence-corrected chi connectivity index (χ0v) is 13.3. The van der Waals surface area contributed by atoms with Gasteiger partial charge in [0.05, 0.1) is 0 Å². The molecular weight excluding hydrogens is 260 g/mol. The Bertz CT molecular complexity index is 546. The van der Waals surface area contributed by atoms with Crippen LogP contribution in [-0.2, 0) is 6.42 Å². The SMILES string of the molecule is C=C(C)C1CCC(C)=CC1c1c(O)cc(CCC)cc1O. The Hall–Kier alpha value is -1.70. The van der Waals surface area contributed by atoms with Crippen molar-refractivity contribution in [3.63, 3.8) is 0 Å². The molecule has 1 aromatic rings. The first kappa shape index (κ1) is 15.7. The van der Waals surface area contributed by atoms with Crippen molar-refractivity contribution < 1.29 is 10.2 Å². The highest BCUT2D eigenvalue weighted by molar-refractivity contribution is 5.51. The summed E-state index contributed by atoms with van der Waals surface area (Å²) < 4.78 is 0. The summed E-state index contributed by atoms with van der Waals surface area (Å²) >= 11 is 0. The van der Waals surface area contributed by atoms with Gasteiger partial charge in [0.1, 0.15) is 11.5 Å². The summed E-state index contributed by atoms with van der Waals surface area (Å²) in [5.41, 5.74) is 4.07. The Balaban J connectivity index is 2.48. The molecule has 0 fully saturated rings. The van der Waals surface area contributed by atoms with Crippen LogP contribution in [-0.4, -0.2) is 10.2 Å². The summed E-state index contributed by atoms with van der Waals surface area (Å²) in [5.74, 6) is 0.718. The predicted molar refractivity (Wildman–Crippen MR) is 87.8 cm³/mol. The fourth-order valence-corrected chi connectivity index (χ4v) is 3.36. The number of phenols is 2. The first-order valence-electron chi connectivity index (χ1n) is 7.81. The topological polar surface area (TPSA) is 40.5 Å². The summed E-state index contributed by atoms with van der Waals surface area (Å²) in [6.45, 7) is 10.3. The van der Waals surface area contributed by atoms with Crippen LogP contribution in [0, 0.1) is 5.92 Å². The lowest BCUT2D eigenvalue weighted by Crippen LogP contribution is -2.17. The molecule has 2 nitrogen and oxygen atoms in total. The lowest BCUT2D eigenvalue weighted by atomic mass is 9.73. The van der Waals surface area contributed by atoms with Gasteiger partial charge in [-0.3, -0.25) is 0 Å². The Labute approximate surface area is 127 Å². The number of aromatic hydroxyl groups is 2. The molecule has 0 spiro atoms. The van der Waals surface area contributed by atoms with Gasteiger partial charge in [0, 0.05) is 11.5 Å². The highest BCUT2D eigenvalue weighted by atomic mass is 16.3. The third-order valence-electron chi connectivity index (χ3n) is 4.45. The molecule has 0 saturated heterocycles. The number of rotatable bonds is 4. The maximum Gasteiger partial charge on any atom is 0.123 e. The van der Waals surface area contributed by atoms with Crippen molar-refractivity contribution in [3.05, 3.63) is 47.1 Å². The monoisotopic (exact) mass is 286 g/mol. The van der Waals surface area contributed by atoms with E-state index >= 15 is 0 Å². The molecule has 2 rings (SSSR count). The number of benzene rings is 1. The van der Waals surface area contributed by atoms with Crippen molar-refractivity contribution in [2.24, 2.45) is 5.92 Å². The van der Waals surface area contributed by atoms with Gasteiger partial charge in [0.2, 0.25) is 0 Å². The van der Waals surface area contributed by atoms with E-state index in [-0.39, 0.29) is 23.3 Å². The van der Waals surface area contributed by atoms with Gasteiger partial charge >= 0.3 is 0 Å². The lowest BCUT2D eigenvalue weighted by molar-refractivity contribution is 0.406. The van der Waals surface area contributed by atoms with Crippen LogP contribution in [0.4, 0.5) is 0 Å². The minimum Gasteiger partial charge on any atom is -0.507 e. The fourth-order valence-electron chi connectivity index (χ4n) is 3.36. The lowest BCUT2D eigenvalue weighted by Gasteiger charge is -2.31. The van der Waals surface area contributed by atoms with E-state index in [0.717, 1.165) is 36.8 Å². The molecule has 0 bridgehead atoms. The van der Waals surface area contributed by atoms with E-state index in [1.807, 2.05) is 6.92 Å². The molecule has 1 aliphatic carbocycles. The van der Waals surface area contributed by atoms with Crippen LogP contribution in [0.3, 0.4) is 0 Å². The molecule has 2 unspecified atom stereocenters. The Morgan fingerprint density at radius 1 is 1.29 bits per heavy atom. The highest BCUT2D eigenvalue weighted by Crippen LogP contribution is 2.46. The van der Waals surface area contributed by atoms with E-state index in [2.05, 4.69) is 26.5 Å². The van der Waals surface area contributed by atoms with Crippen LogP contribution in [0.15, 0.2) is 35.9 Å². The van der Waals surface area contributed by atoms with Crippen molar-refractivity contribution in [1.82, 2.24) is 0 Å². The fraction of sp³-hybridized carbons (Fsp3) is 0.474. The molecule has 0 aromatic heterocycles. The first-order chi connectivity index (χ1) is 9.93. The van der Waals surface area contributed by atoms with Gasteiger partial charge in [-0.2, -0.15) is 0 Å². The van der Waals surface area contributed by atoms with E-state index in [1.165, 1.54) is 5.57 Å². The van der Waals surface area contributed by atoms with Gasteiger partial charge in [0.15, 0.2) is 0 Å². The van der Waals surface area contributed by atoms with Gasteiger partial charge in [-0.05, 0) is 56.7 Å². The van der Waals surface area contributed by atoms with Crippen molar-refractivity contribution in [2.45, 2.75) is 52.4 Å². The molecule has 2 N–H and O–H groups in total. The van der Waals surface area contributed by atoms with Crippen LogP contribution >= 0.6 is 0 Å². The normalized spacial score (nSPS) is 22.0. The predicted octanol–water partition coefficient (Wildman–Crippen LogP) is 5.07. The molecule has 0 aliphatic heterocycles. The van der Waals surface area contributed by atoms with Crippen LogP contribution in [0.5, 0.6) is 11.5 Å². The highest BCUT2D eigenvalue weighted by Gasteiger charge is 2.29. The number of hydrogen-bond acceptors (Lipinski definition) is 2. The second kappa shape index (κ2) is 6.38. The second-order valence-corrected chi connectivity index (χ2v) is 6.33. The summed E-state index contributed by atoms with van der Waals surface area (Å²) in [7, 11) is 0. The molecule has 114 valence electrons. The van der Waals surface area contributed by atoms with Gasteiger partial charge < -0.3 is 10.2 Å². The van der Waals surface area contributed by atoms with Gasteiger partial charge in [-0.1, -0.05) is 37.1 Å². The molecule has 1 aromatic carbocycles. The Morgan fingerprint density at radius 2 is 1.90 bits per heavy atom. The van der Waals surface area contributed by atoms with Gasteiger partial charge in [0.25, 0.3) is 0 Å². The molecule has 0 amide bonds. The van der Waals surface area contributed by atoms with Crippen LogP contribution in [0.1, 0.15) is 57.1 Å². The Morgan fingerprint density at radius 3 is 2.43 bits per heavy atom. The second-order valence-electron chi connectivity index (χ2n) is 6.33. The maximum absolute atomic E-state index is 10.4. The smallest absolute Gasteiger partial charge is 0.123 e. The minimum absolute atomic E-state index is 0.0203. The number of hydrogen-bond donors (Lipinski definition) is 2. The summed E-state index contributed by atoms with van der Waals surface area (Å²) in [6, 6.07) is 3.59. The largest absolute Gasteiger partial charge is 0.507 e. The maximum atomic E-state index is 10.4.